The third-order valence-corrected chi connectivity index (χ3v) is 2.58. The van der Waals surface area contributed by atoms with Gasteiger partial charge in [0.05, 0.1) is 0 Å². The van der Waals surface area contributed by atoms with E-state index in [0.717, 1.165) is 0 Å². The third-order valence-electron chi connectivity index (χ3n) is 2.58. The molecule has 0 amide bonds. The van der Waals surface area contributed by atoms with E-state index in [-0.39, 0.29) is 0 Å². The maximum atomic E-state index is 10.6. The van der Waals surface area contributed by atoms with Crippen molar-refractivity contribution < 1.29 is 15.0 Å². The molecule has 1 atom stereocenters. The summed E-state index contributed by atoms with van der Waals surface area (Å²) in [6, 6.07) is 1.71. The largest absolute Gasteiger partial charge is 0.479 e. The second kappa shape index (κ2) is 2.56. The molecule has 1 saturated carbocycles. The number of aliphatic carboxylic acids is 1. The maximum Gasteiger partial charge on any atom is 0.333 e. The fourth-order valence-electron chi connectivity index (χ4n) is 1.59. The van der Waals surface area contributed by atoms with Gasteiger partial charge in [0.15, 0.2) is 6.10 Å². The van der Waals surface area contributed by atoms with Gasteiger partial charge in [0, 0.05) is 17.3 Å². The van der Waals surface area contributed by atoms with Gasteiger partial charge in [-0.25, -0.2) is 4.79 Å². The molecule has 1 aliphatic carbocycles. The number of hydrogen-bond donors (Lipinski definition) is 3. The van der Waals surface area contributed by atoms with Crippen LogP contribution in [-0.2, 0) is 10.2 Å². The Balaban J connectivity index is 2.27. The summed E-state index contributed by atoms with van der Waals surface area (Å²) in [4.78, 5) is 10.6. The molecule has 1 fully saturated rings. The molecule has 0 radical (unpaired) electrons. The van der Waals surface area contributed by atoms with Crippen LogP contribution in [0.25, 0.3) is 0 Å². The van der Waals surface area contributed by atoms with Crippen molar-refractivity contribution in [3.05, 3.63) is 18.0 Å². The number of nitrogens with one attached hydrogen (secondary N) is 1. The highest BCUT2D eigenvalue weighted by Gasteiger charge is 2.54. The topological polar surface area (TPSA) is 86.2 Å². The number of aromatic amines is 1. The Hall–Kier alpha value is -1.36. The summed E-state index contributed by atoms with van der Waals surface area (Å²) < 4.78 is 0. The summed E-state index contributed by atoms with van der Waals surface area (Å²) in [5, 5.41) is 24.6. The smallest absolute Gasteiger partial charge is 0.333 e. The van der Waals surface area contributed by atoms with Crippen LogP contribution < -0.4 is 0 Å². The number of aliphatic hydroxyl groups is 1. The highest BCUT2D eigenvalue weighted by atomic mass is 16.4. The fourth-order valence-corrected chi connectivity index (χ4v) is 1.59. The second-order valence-corrected chi connectivity index (χ2v) is 3.37. The molecule has 5 heteroatoms. The van der Waals surface area contributed by atoms with Crippen molar-refractivity contribution in [2.75, 3.05) is 0 Å². The van der Waals surface area contributed by atoms with Gasteiger partial charge < -0.3 is 10.2 Å². The maximum absolute atomic E-state index is 10.6. The lowest BCUT2D eigenvalue weighted by molar-refractivity contribution is -0.148. The Bertz CT molecular complexity index is 316. The highest BCUT2D eigenvalue weighted by Crippen LogP contribution is 2.50. The molecule has 0 aliphatic heterocycles. The predicted molar refractivity (Wildman–Crippen MR) is 43.1 cm³/mol. The molecule has 0 spiro atoms. The quantitative estimate of drug-likeness (QED) is 0.608. The van der Waals surface area contributed by atoms with E-state index >= 15 is 0 Å². The van der Waals surface area contributed by atoms with E-state index in [9.17, 15) is 9.90 Å². The molecule has 1 heterocycles. The zero-order chi connectivity index (χ0) is 9.47. The molecular formula is C8H10N2O3. The zero-order valence-electron chi connectivity index (χ0n) is 6.90. The van der Waals surface area contributed by atoms with E-state index in [1.165, 1.54) is 0 Å². The van der Waals surface area contributed by atoms with Gasteiger partial charge in [-0.2, -0.15) is 5.10 Å². The average molecular weight is 182 g/mol. The summed E-state index contributed by atoms with van der Waals surface area (Å²) in [5.74, 6) is -1.17. The van der Waals surface area contributed by atoms with Crippen LogP contribution in [0, 0.1) is 0 Å². The average Bonchev–Trinajstić information content (AvgIpc) is 2.72. The lowest BCUT2D eigenvalue weighted by atomic mass is 9.95. The van der Waals surface area contributed by atoms with Crippen LogP contribution in [0.3, 0.4) is 0 Å². The Labute approximate surface area is 74.4 Å². The normalized spacial score (nSPS) is 21.0. The van der Waals surface area contributed by atoms with Crippen molar-refractivity contribution in [2.45, 2.75) is 24.4 Å². The van der Waals surface area contributed by atoms with E-state index in [2.05, 4.69) is 10.2 Å². The van der Waals surface area contributed by atoms with Crippen LogP contribution in [0.2, 0.25) is 0 Å². The first-order valence-corrected chi connectivity index (χ1v) is 4.07. The van der Waals surface area contributed by atoms with E-state index in [0.29, 0.717) is 18.5 Å². The van der Waals surface area contributed by atoms with Gasteiger partial charge in [0.25, 0.3) is 0 Å². The first-order valence-electron chi connectivity index (χ1n) is 4.07. The monoisotopic (exact) mass is 182 g/mol. The fraction of sp³-hybridized carbons (Fsp3) is 0.500. The first kappa shape index (κ1) is 8.25. The third kappa shape index (κ3) is 1.12. The minimum absolute atomic E-state index is 0.609. The molecule has 1 aromatic heterocycles. The number of carboxylic acid groups (broad SMARTS) is 1. The molecular weight excluding hydrogens is 172 g/mol. The first-order chi connectivity index (χ1) is 6.17. The van der Waals surface area contributed by atoms with Crippen LogP contribution in [0.1, 0.15) is 18.5 Å². The van der Waals surface area contributed by atoms with Crippen molar-refractivity contribution in [1.29, 1.82) is 0 Å². The van der Waals surface area contributed by atoms with Crippen LogP contribution >= 0.6 is 0 Å². The van der Waals surface area contributed by atoms with Crippen molar-refractivity contribution in [2.24, 2.45) is 0 Å². The van der Waals surface area contributed by atoms with Crippen LogP contribution in [0.4, 0.5) is 0 Å². The number of rotatable bonds is 3. The van der Waals surface area contributed by atoms with Gasteiger partial charge >= 0.3 is 5.97 Å². The molecule has 5 nitrogen and oxygen atoms in total. The van der Waals surface area contributed by atoms with E-state index < -0.39 is 17.5 Å². The molecule has 3 N–H and O–H groups in total. The lowest BCUT2D eigenvalue weighted by Crippen LogP contribution is -2.34. The molecule has 1 aliphatic rings. The predicted octanol–water partition coefficient (Wildman–Crippen LogP) is -0.113. The Morgan fingerprint density at radius 3 is 2.77 bits per heavy atom. The van der Waals surface area contributed by atoms with Crippen LogP contribution in [-0.4, -0.2) is 32.5 Å². The molecule has 1 aromatic rings. The van der Waals surface area contributed by atoms with Gasteiger partial charge in [-0.3, -0.25) is 5.10 Å². The van der Waals surface area contributed by atoms with Crippen LogP contribution in [0.15, 0.2) is 12.3 Å². The molecule has 2 rings (SSSR count). The minimum atomic E-state index is -1.33. The number of aliphatic hydroxyl groups excluding tert-OH is 1. The van der Waals surface area contributed by atoms with Gasteiger partial charge in [-0.15, -0.1) is 0 Å². The molecule has 1 unspecified atom stereocenters. The van der Waals surface area contributed by atoms with Gasteiger partial charge in [0.2, 0.25) is 0 Å². The van der Waals surface area contributed by atoms with Crippen molar-refractivity contribution in [3.63, 3.8) is 0 Å². The van der Waals surface area contributed by atoms with Crippen molar-refractivity contribution in [1.82, 2.24) is 10.2 Å². The lowest BCUT2D eigenvalue weighted by Gasteiger charge is -2.16. The standard InChI is InChI=1S/C8H10N2O3/c11-6(7(12)13)8(2-3-8)5-1-4-9-10-5/h1,4,6,11H,2-3H2,(H,9,10)(H,12,13). The molecule has 0 saturated heterocycles. The van der Waals surface area contributed by atoms with Crippen molar-refractivity contribution in [3.8, 4) is 0 Å². The number of nitrogens with zero attached hydrogens (tertiary/aromatic N) is 1. The van der Waals surface area contributed by atoms with Gasteiger partial charge in [0.1, 0.15) is 0 Å². The van der Waals surface area contributed by atoms with Crippen LogP contribution in [0.5, 0.6) is 0 Å². The number of H-pyrrole nitrogens is 1. The Kier molecular flexibility index (Phi) is 1.63. The summed E-state index contributed by atoms with van der Waals surface area (Å²) in [6.07, 6.45) is 1.63. The number of carbonyl (C=O) groups is 1. The number of carboxylic acids is 1. The van der Waals surface area contributed by atoms with E-state index in [4.69, 9.17) is 5.11 Å². The summed E-state index contributed by atoms with van der Waals surface area (Å²) in [6.45, 7) is 0. The second-order valence-electron chi connectivity index (χ2n) is 3.37. The Morgan fingerprint density at radius 2 is 2.38 bits per heavy atom. The Morgan fingerprint density at radius 1 is 1.69 bits per heavy atom. The summed E-state index contributed by atoms with van der Waals surface area (Å²) in [5.41, 5.74) is 0.102. The minimum Gasteiger partial charge on any atom is -0.479 e. The molecule has 13 heavy (non-hydrogen) atoms. The highest BCUT2D eigenvalue weighted by molar-refractivity contribution is 5.75. The van der Waals surface area contributed by atoms with Gasteiger partial charge in [-0.05, 0) is 18.9 Å². The number of aromatic nitrogens is 2. The van der Waals surface area contributed by atoms with Gasteiger partial charge in [-0.1, -0.05) is 0 Å². The molecule has 0 bridgehead atoms. The van der Waals surface area contributed by atoms with E-state index in [1.54, 1.807) is 12.3 Å². The summed E-state index contributed by atoms with van der Waals surface area (Å²) >= 11 is 0. The SMILES string of the molecule is O=C(O)C(O)C1(c2ccn[nH]2)CC1. The molecule has 0 aromatic carbocycles. The molecule has 70 valence electrons. The summed E-state index contributed by atoms with van der Waals surface area (Å²) in [7, 11) is 0. The van der Waals surface area contributed by atoms with Crippen molar-refractivity contribution >= 4 is 5.97 Å². The van der Waals surface area contributed by atoms with E-state index in [1.807, 2.05) is 0 Å². The number of hydrogen-bond acceptors (Lipinski definition) is 3. The zero-order valence-corrected chi connectivity index (χ0v) is 6.90.